The molecule has 6 nitrogen and oxygen atoms in total. The van der Waals surface area contributed by atoms with E-state index >= 15 is 0 Å². The quantitative estimate of drug-likeness (QED) is 0.479. The normalized spacial score (nSPS) is 17.6. The maximum Gasteiger partial charge on any atom is 0.416 e. The van der Waals surface area contributed by atoms with E-state index in [1.807, 2.05) is 19.1 Å². The minimum Gasteiger partial charge on any atom is -0.399 e. The first-order chi connectivity index (χ1) is 15.8. The molecule has 4 rings (SSSR count). The molecule has 1 aromatic heterocycles. The highest BCUT2D eigenvalue weighted by molar-refractivity contribution is 7.91. The van der Waals surface area contributed by atoms with Gasteiger partial charge >= 0.3 is 6.18 Å². The van der Waals surface area contributed by atoms with Crippen LogP contribution in [0.4, 0.5) is 24.7 Å². The van der Waals surface area contributed by atoms with Crippen LogP contribution in [0.1, 0.15) is 59.8 Å². The number of hydrogen-bond donors (Lipinski definition) is 2. The van der Waals surface area contributed by atoms with Crippen LogP contribution in [0.5, 0.6) is 0 Å². The topological polar surface area (TPSA) is 98.0 Å². The van der Waals surface area contributed by atoms with E-state index in [0.29, 0.717) is 30.0 Å². The summed E-state index contributed by atoms with van der Waals surface area (Å²) in [6.45, 7) is 5.45. The number of halogens is 3. The van der Waals surface area contributed by atoms with Gasteiger partial charge in [0.05, 0.1) is 28.6 Å². The van der Waals surface area contributed by atoms with Gasteiger partial charge in [0.1, 0.15) is 21.5 Å². The first-order valence-electron chi connectivity index (χ1n) is 11.1. The molecule has 1 aliphatic heterocycles. The standard InChI is InChI=1S/C24H27F3N4O2S/c1-13-8-18(16-4-6-34(32,33)7-5-16)11-21-22(13)30-15(3)31-23(21)29-14(2)17-9-19(24(25,26)27)12-20(28)10-17/h8-12,14,16H,4-7,28H2,1-3H3,(H,29,30,31)/t14-/m0/s1. The van der Waals surface area contributed by atoms with Crippen molar-refractivity contribution in [3.8, 4) is 0 Å². The maximum atomic E-state index is 13.3. The van der Waals surface area contributed by atoms with E-state index < -0.39 is 27.6 Å². The Labute approximate surface area is 196 Å². The highest BCUT2D eigenvalue weighted by Gasteiger charge is 2.31. The highest BCUT2D eigenvalue weighted by Crippen LogP contribution is 2.36. The fraction of sp³-hybridized carbons (Fsp3) is 0.417. The summed E-state index contributed by atoms with van der Waals surface area (Å²) in [5, 5.41) is 4.00. The Morgan fingerprint density at radius 1 is 1.06 bits per heavy atom. The van der Waals surface area contributed by atoms with Gasteiger partial charge in [0.15, 0.2) is 0 Å². The zero-order valence-corrected chi connectivity index (χ0v) is 20.0. The van der Waals surface area contributed by atoms with Crippen molar-refractivity contribution >= 4 is 32.2 Å². The van der Waals surface area contributed by atoms with Crippen LogP contribution in [0.3, 0.4) is 0 Å². The fourth-order valence-corrected chi connectivity index (χ4v) is 5.98. The number of aryl methyl sites for hydroxylation is 2. The van der Waals surface area contributed by atoms with Crippen LogP contribution in [0.25, 0.3) is 10.9 Å². The summed E-state index contributed by atoms with van der Waals surface area (Å²) in [7, 11) is -2.98. The van der Waals surface area contributed by atoms with E-state index in [1.54, 1.807) is 13.8 Å². The Bertz CT molecular complexity index is 1340. The zero-order valence-electron chi connectivity index (χ0n) is 19.2. The van der Waals surface area contributed by atoms with Gasteiger partial charge in [0.2, 0.25) is 0 Å². The SMILES string of the molecule is Cc1nc(N[C@@H](C)c2cc(N)cc(C(F)(F)F)c2)c2cc(C3CCS(=O)(=O)CC3)cc(C)c2n1. The van der Waals surface area contributed by atoms with Crippen molar-refractivity contribution < 1.29 is 21.6 Å². The molecule has 1 atom stereocenters. The first kappa shape index (κ1) is 24.3. The van der Waals surface area contributed by atoms with Gasteiger partial charge in [-0.3, -0.25) is 0 Å². The number of hydrogen-bond acceptors (Lipinski definition) is 6. The molecule has 1 saturated heterocycles. The number of anilines is 2. The van der Waals surface area contributed by atoms with Gasteiger partial charge in [0.25, 0.3) is 0 Å². The Morgan fingerprint density at radius 2 is 1.74 bits per heavy atom. The number of sulfone groups is 1. The lowest BCUT2D eigenvalue weighted by atomic mass is 9.91. The lowest BCUT2D eigenvalue weighted by Crippen LogP contribution is -2.22. The van der Waals surface area contributed by atoms with Crippen LogP contribution in [-0.4, -0.2) is 29.9 Å². The van der Waals surface area contributed by atoms with Gasteiger partial charge in [-0.2, -0.15) is 13.2 Å². The molecular weight excluding hydrogens is 465 g/mol. The van der Waals surface area contributed by atoms with Crippen molar-refractivity contribution in [2.45, 2.75) is 51.7 Å². The van der Waals surface area contributed by atoms with Gasteiger partial charge in [-0.15, -0.1) is 0 Å². The second kappa shape index (κ2) is 8.72. The molecule has 0 radical (unpaired) electrons. The molecule has 34 heavy (non-hydrogen) atoms. The number of rotatable bonds is 4. The van der Waals surface area contributed by atoms with E-state index in [1.165, 1.54) is 6.07 Å². The second-order valence-electron chi connectivity index (χ2n) is 9.03. The molecule has 3 aromatic rings. The van der Waals surface area contributed by atoms with Crippen LogP contribution in [-0.2, 0) is 16.0 Å². The number of aromatic nitrogens is 2. The summed E-state index contributed by atoms with van der Waals surface area (Å²) in [5.74, 6) is 1.49. The van der Waals surface area contributed by atoms with Crippen molar-refractivity contribution in [1.82, 2.24) is 9.97 Å². The molecule has 0 spiro atoms. The zero-order chi connectivity index (χ0) is 24.8. The lowest BCUT2D eigenvalue weighted by Gasteiger charge is -2.24. The van der Waals surface area contributed by atoms with Crippen molar-refractivity contribution in [3.63, 3.8) is 0 Å². The molecule has 3 N–H and O–H groups in total. The van der Waals surface area contributed by atoms with E-state index in [2.05, 4.69) is 15.3 Å². The van der Waals surface area contributed by atoms with Gasteiger partial charge < -0.3 is 11.1 Å². The molecule has 0 saturated carbocycles. The van der Waals surface area contributed by atoms with Crippen molar-refractivity contribution in [3.05, 3.63) is 58.4 Å². The summed E-state index contributed by atoms with van der Waals surface area (Å²) in [6.07, 6.45) is -3.38. The van der Waals surface area contributed by atoms with Gasteiger partial charge in [0, 0.05) is 11.1 Å². The van der Waals surface area contributed by atoms with E-state index in [9.17, 15) is 21.6 Å². The molecular formula is C24H27F3N4O2S. The Kier molecular flexibility index (Phi) is 6.22. The van der Waals surface area contributed by atoms with Crippen LogP contribution in [0.2, 0.25) is 0 Å². The number of nitrogens with two attached hydrogens (primary N) is 1. The molecule has 0 bridgehead atoms. The van der Waals surface area contributed by atoms with Crippen LogP contribution in [0, 0.1) is 13.8 Å². The fourth-order valence-electron chi connectivity index (χ4n) is 4.49. The minimum absolute atomic E-state index is 0.0348. The average Bonchev–Trinajstić information content (AvgIpc) is 2.73. The molecule has 2 heterocycles. The molecule has 182 valence electrons. The first-order valence-corrected chi connectivity index (χ1v) is 12.9. The number of alkyl halides is 3. The van der Waals surface area contributed by atoms with Gasteiger partial charge in [-0.25, -0.2) is 18.4 Å². The predicted molar refractivity (Wildman–Crippen MR) is 128 cm³/mol. The van der Waals surface area contributed by atoms with Gasteiger partial charge in [-0.1, -0.05) is 6.07 Å². The monoisotopic (exact) mass is 492 g/mol. The summed E-state index contributed by atoms with van der Waals surface area (Å²) in [4.78, 5) is 9.11. The van der Waals surface area contributed by atoms with E-state index in [0.717, 1.165) is 34.2 Å². The van der Waals surface area contributed by atoms with Crippen molar-refractivity contribution in [2.75, 3.05) is 22.6 Å². The molecule has 1 aliphatic rings. The number of fused-ring (bicyclic) bond motifs is 1. The molecule has 10 heteroatoms. The third kappa shape index (κ3) is 5.11. The predicted octanol–water partition coefficient (Wildman–Crippen LogP) is 5.31. The molecule has 0 aliphatic carbocycles. The third-order valence-electron chi connectivity index (χ3n) is 6.31. The molecule has 0 amide bonds. The summed E-state index contributed by atoms with van der Waals surface area (Å²) in [5.41, 5.74) is 8.08. The smallest absolute Gasteiger partial charge is 0.399 e. The number of nitrogen functional groups attached to an aromatic ring is 1. The molecule has 0 unspecified atom stereocenters. The molecule has 2 aromatic carbocycles. The van der Waals surface area contributed by atoms with Crippen molar-refractivity contribution in [1.29, 1.82) is 0 Å². The second-order valence-corrected chi connectivity index (χ2v) is 11.3. The Balaban J connectivity index is 1.72. The summed E-state index contributed by atoms with van der Waals surface area (Å²) >= 11 is 0. The minimum atomic E-state index is -4.50. The van der Waals surface area contributed by atoms with Crippen LogP contribution in [0.15, 0.2) is 30.3 Å². The third-order valence-corrected chi connectivity index (χ3v) is 8.02. The van der Waals surface area contributed by atoms with Crippen LogP contribution < -0.4 is 11.1 Å². The van der Waals surface area contributed by atoms with Crippen LogP contribution >= 0.6 is 0 Å². The maximum absolute atomic E-state index is 13.3. The summed E-state index contributed by atoms with van der Waals surface area (Å²) < 4.78 is 63.5. The lowest BCUT2D eigenvalue weighted by molar-refractivity contribution is -0.137. The van der Waals surface area contributed by atoms with E-state index in [-0.39, 0.29) is 23.1 Å². The Morgan fingerprint density at radius 3 is 2.38 bits per heavy atom. The van der Waals surface area contributed by atoms with Crippen molar-refractivity contribution in [2.24, 2.45) is 0 Å². The summed E-state index contributed by atoms with van der Waals surface area (Å²) in [6, 6.07) is 7.02. The largest absolute Gasteiger partial charge is 0.416 e. The van der Waals surface area contributed by atoms with E-state index in [4.69, 9.17) is 5.73 Å². The highest BCUT2D eigenvalue weighted by atomic mass is 32.2. The average molecular weight is 493 g/mol. The number of benzene rings is 2. The number of nitrogens with zero attached hydrogens (tertiary/aromatic N) is 2. The Hall–Kier alpha value is -2.88. The van der Waals surface area contributed by atoms with Gasteiger partial charge in [-0.05, 0) is 80.5 Å². The number of nitrogens with one attached hydrogen (secondary N) is 1. The molecule has 1 fully saturated rings.